The van der Waals surface area contributed by atoms with Crippen molar-refractivity contribution in [3.8, 4) is 0 Å². The van der Waals surface area contributed by atoms with E-state index in [4.69, 9.17) is 4.74 Å². The van der Waals surface area contributed by atoms with Gasteiger partial charge in [0.2, 0.25) is 5.91 Å². The van der Waals surface area contributed by atoms with E-state index in [0.29, 0.717) is 5.92 Å². The van der Waals surface area contributed by atoms with Gasteiger partial charge in [0.15, 0.2) is 0 Å². The van der Waals surface area contributed by atoms with Crippen LogP contribution in [0, 0.1) is 5.92 Å². The van der Waals surface area contributed by atoms with Gasteiger partial charge in [0, 0.05) is 57.3 Å². The Morgan fingerprint density at radius 3 is 2.19 bits per heavy atom. The second-order valence-electron chi connectivity index (χ2n) is 7.92. The van der Waals surface area contributed by atoms with Crippen molar-refractivity contribution >= 4 is 11.6 Å². The van der Waals surface area contributed by atoms with E-state index < -0.39 is 0 Å². The number of morpholine rings is 1. The Kier molecular flexibility index (Phi) is 6.14. The second kappa shape index (κ2) is 8.35. The lowest BCUT2D eigenvalue weighted by Gasteiger charge is -2.44. The van der Waals surface area contributed by atoms with Crippen molar-refractivity contribution in [2.45, 2.75) is 45.9 Å². The van der Waals surface area contributed by atoms with Crippen LogP contribution in [0.1, 0.15) is 27.7 Å². The summed E-state index contributed by atoms with van der Waals surface area (Å²) in [4.78, 5) is 24.1. The lowest BCUT2D eigenvalue weighted by molar-refractivity contribution is -0.145. The third-order valence-electron chi connectivity index (χ3n) is 5.34. The first kappa shape index (κ1) is 19.1. The number of aromatic nitrogens is 1. The van der Waals surface area contributed by atoms with Gasteiger partial charge in [-0.2, -0.15) is 0 Å². The van der Waals surface area contributed by atoms with Gasteiger partial charge in [-0.15, -0.1) is 0 Å². The third kappa shape index (κ3) is 4.35. The summed E-state index contributed by atoms with van der Waals surface area (Å²) in [6.07, 6.45) is 4.00. The normalized spacial score (nSPS) is 26.2. The van der Waals surface area contributed by atoms with Crippen LogP contribution in [0.2, 0.25) is 0 Å². The number of ether oxygens (including phenoxy) is 1. The molecule has 0 N–H and O–H groups in total. The third-order valence-corrected chi connectivity index (χ3v) is 5.34. The van der Waals surface area contributed by atoms with Gasteiger partial charge < -0.3 is 14.5 Å². The summed E-state index contributed by atoms with van der Waals surface area (Å²) in [6, 6.07) is 4.01. The maximum absolute atomic E-state index is 13.3. The highest BCUT2D eigenvalue weighted by atomic mass is 16.5. The lowest BCUT2D eigenvalue weighted by atomic mass is 9.98. The van der Waals surface area contributed by atoms with E-state index in [1.54, 1.807) is 0 Å². The van der Waals surface area contributed by atoms with Crippen molar-refractivity contribution in [1.29, 1.82) is 0 Å². The smallest absolute Gasteiger partial charge is 0.240 e. The molecule has 1 aromatic rings. The second-order valence-corrected chi connectivity index (χ2v) is 7.92. The van der Waals surface area contributed by atoms with Crippen LogP contribution in [-0.2, 0) is 9.53 Å². The molecule has 0 radical (unpaired) electrons. The van der Waals surface area contributed by atoms with E-state index in [2.05, 4.69) is 42.5 Å². The summed E-state index contributed by atoms with van der Waals surface area (Å²) in [7, 11) is 0. The molecule has 0 saturated carbocycles. The SMILES string of the molecule is CC1CN(C(C(=O)N2CCN(c3ccncc3)CC2)C(C)C)CC(C)O1. The van der Waals surface area contributed by atoms with Gasteiger partial charge >= 0.3 is 0 Å². The number of hydrogen-bond donors (Lipinski definition) is 0. The number of pyridine rings is 1. The number of rotatable bonds is 4. The highest BCUT2D eigenvalue weighted by molar-refractivity contribution is 5.82. The zero-order chi connectivity index (χ0) is 18.7. The molecule has 3 atom stereocenters. The van der Waals surface area contributed by atoms with Crippen LogP contribution in [0.3, 0.4) is 0 Å². The Balaban J connectivity index is 1.63. The maximum Gasteiger partial charge on any atom is 0.240 e. The minimum Gasteiger partial charge on any atom is -0.373 e. The van der Waals surface area contributed by atoms with Gasteiger partial charge in [-0.1, -0.05) is 13.8 Å². The van der Waals surface area contributed by atoms with E-state index >= 15 is 0 Å². The Bertz CT molecular complexity index is 577. The quantitative estimate of drug-likeness (QED) is 0.820. The molecule has 2 saturated heterocycles. The fraction of sp³-hybridized carbons (Fsp3) is 0.700. The van der Waals surface area contributed by atoms with Gasteiger partial charge in [0.05, 0.1) is 18.2 Å². The lowest BCUT2D eigenvalue weighted by Crippen LogP contribution is -2.60. The molecule has 0 bridgehead atoms. The van der Waals surface area contributed by atoms with Gasteiger partial charge in [0.25, 0.3) is 0 Å². The molecule has 0 spiro atoms. The summed E-state index contributed by atoms with van der Waals surface area (Å²) in [5, 5.41) is 0. The zero-order valence-electron chi connectivity index (χ0n) is 16.5. The van der Waals surface area contributed by atoms with E-state index in [1.165, 1.54) is 5.69 Å². The molecule has 3 rings (SSSR count). The first-order valence-corrected chi connectivity index (χ1v) is 9.79. The van der Waals surface area contributed by atoms with E-state index in [1.807, 2.05) is 29.4 Å². The average Bonchev–Trinajstić information content (AvgIpc) is 2.61. The van der Waals surface area contributed by atoms with Gasteiger partial charge in [-0.05, 0) is 31.9 Å². The fourth-order valence-corrected chi connectivity index (χ4v) is 4.23. The van der Waals surface area contributed by atoms with Gasteiger partial charge in [-0.3, -0.25) is 14.7 Å². The summed E-state index contributed by atoms with van der Waals surface area (Å²) in [5.41, 5.74) is 1.18. The first-order chi connectivity index (χ1) is 12.5. The van der Waals surface area contributed by atoms with Crippen molar-refractivity contribution < 1.29 is 9.53 Å². The maximum atomic E-state index is 13.3. The van der Waals surface area contributed by atoms with Gasteiger partial charge in [-0.25, -0.2) is 0 Å². The van der Waals surface area contributed by atoms with Crippen LogP contribution in [-0.4, -0.2) is 78.2 Å². The molecule has 1 amide bonds. The predicted molar refractivity (Wildman–Crippen MR) is 103 cm³/mol. The number of amides is 1. The number of anilines is 1. The Morgan fingerprint density at radius 1 is 1.08 bits per heavy atom. The highest BCUT2D eigenvalue weighted by Crippen LogP contribution is 2.22. The van der Waals surface area contributed by atoms with E-state index in [9.17, 15) is 4.79 Å². The molecule has 3 heterocycles. The topological polar surface area (TPSA) is 48.9 Å². The van der Waals surface area contributed by atoms with Crippen LogP contribution >= 0.6 is 0 Å². The monoisotopic (exact) mass is 360 g/mol. The number of carbonyl (C=O) groups excluding carboxylic acids is 1. The van der Waals surface area contributed by atoms with Crippen LogP contribution in [0.25, 0.3) is 0 Å². The molecule has 2 aliphatic rings. The molecule has 2 aliphatic heterocycles. The number of carbonyl (C=O) groups is 1. The highest BCUT2D eigenvalue weighted by Gasteiger charge is 2.37. The van der Waals surface area contributed by atoms with Crippen LogP contribution in [0.5, 0.6) is 0 Å². The minimum absolute atomic E-state index is 0.0590. The molecule has 3 unspecified atom stereocenters. The Morgan fingerprint density at radius 2 is 1.65 bits per heavy atom. The van der Waals surface area contributed by atoms with Crippen molar-refractivity contribution in [3.63, 3.8) is 0 Å². The summed E-state index contributed by atoms with van der Waals surface area (Å²) in [5.74, 6) is 0.564. The molecule has 144 valence electrons. The van der Waals surface area contributed by atoms with Crippen molar-refractivity contribution in [1.82, 2.24) is 14.8 Å². The molecule has 6 nitrogen and oxygen atoms in total. The number of nitrogens with zero attached hydrogens (tertiary/aromatic N) is 4. The van der Waals surface area contributed by atoms with Crippen LogP contribution < -0.4 is 4.90 Å². The summed E-state index contributed by atoms with van der Waals surface area (Å²) >= 11 is 0. The minimum atomic E-state index is -0.0590. The van der Waals surface area contributed by atoms with Gasteiger partial charge in [0.1, 0.15) is 0 Å². The fourth-order valence-electron chi connectivity index (χ4n) is 4.23. The van der Waals surface area contributed by atoms with E-state index in [-0.39, 0.29) is 24.2 Å². The van der Waals surface area contributed by atoms with Crippen molar-refractivity contribution in [3.05, 3.63) is 24.5 Å². The van der Waals surface area contributed by atoms with Crippen molar-refractivity contribution in [2.75, 3.05) is 44.2 Å². The Labute approximate surface area is 157 Å². The Hall–Kier alpha value is -1.66. The standard InChI is InChI=1S/C20H32N4O2/c1-15(2)19(24-13-16(3)26-17(4)14-24)20(25)23-11-9-22(10-12-23)18-5-7-21-8-6-18/h5-8,15-17,19H,9-14H2,1-4H3. The van der Waals surface area contributed by atoms with Crippen LogP contribution in [0.4, 0.5) is 5.69 Å². The van der Waals surface area contributed by atoms with E-state index in [0.717, 1.165) is 39.3 Å². The molecular formula is C20H32N4O2. The molecule has 1 aromatic heterocycles. The molecule has 0 aromatic carbocycles. The molecule has 0 aliphatic carbocycles. The summed E-state index contributed by atoms with van der Waals surface area (Å²) < 4.78 is 5.86. The molecular weight excluding hydrogens is 328 g/mol. The predicted octanol–water partition coefficient (Wildman–Crippen LogP) is 1.86. The zero-order valence-corrected chi connectivity index (χ0v) is 16.5. The van der Waals surface area contributed by atoms with Crippen molar-refractivity contribution in [2.24, 2.45) is 5.92 Å². The largest absolute Gasteiger partial charge is 0.373 e. The molecule has 6 heteroatoms. The average molecular weight is 361 g/mol. The first-order valence-electron chi connectivity index (χ1n) is 9.79. The van der Waals surface area contributed by atoms with Crippen LogP contribution in [0.15, 0.2) is 24.5 Å². The number of hydrogen-bond acceptors (Lipinski definition) is 5. The molecule has 26 heavy (non-hydrogen) atoms. The molecule has 2 fully saturated rings. The number of piperazine rings is 1. The summed E-state index contributed by atoms with van der Waals surface area (Å²) in [6.45, 7) is 13.5.